The number of ether oxygens (including phenoxy) is 1. The number of furan rings is 1. The molecule has 3 aromatic heterocycles. The molecule has 9 heteroatoms. The van der Waals surface area contributed by atoms with E-state index in [1.807, 2.05) is 44.2 Å². The van der Waals surface area contributed by atoms with Gasteiger partial charge in [-0.05, 0) is 31.2 Å². The highest BCUT2D eigenvalue weighted by molar-refractivity contribution is 5.78. The molecule has 3 heterocycles. The Kier molecular flexibility index (Phi) is 4.56. The van der Waals surface area contributed by atoms with E-state index in [-0.39, 0.29) is 6.01 Å². The van der Waals surface area contributed by atoms with Crippen LogP contribution in [-0.4, -0.2) is 26.5 Å². The fourth-order valence-electron chi connectivity index (χ4n) is 2.51. The predicted molar refractivity (Wildman–Crippen MR) is 99.1 cm³/mol. The number of hydrogen-bond acceptors (Lipinski definition) is 9. The lowest BCUT2D eigenvalue weighted by molar-refractivity contribution is 0.312. The molecule has 9 nitrogen and oxygen atoms in total. The zero-order valence-corrected chi connectivity index (χ0v) is 14.9. The first-order valence-electron chi connectivity index (χ1n) is 8.49. The summed E-state index contributed by atoms with van der Waals surface area (Å²) >= 11 is 0. The second-order valence-corrected chi connectivity index (χ2v) is 5.67. The van der Waals surface area contributed by atoms with Gasteiger partial charge in [0.25, 0.3) is 0 Å². The van der Waals surface area contributed by atoms with Gasteiger partial charge in [0.15, 0.2) is 11.5 Å². The van der Waals surface area contributed by atoms with Gasteiger partial charge < -0.3 is 24.2 Å². The second kappa shape index (κ2) is 7.32. The van der Waals surface area contributed by atoms with Gasteiger partial charge in [-0.25, -0.2) is 4.98 Å². The van der Waals surface area contributed by atoms with E-state index < -0.39 is 0 Å². The Morgan fingerprint density at radius 3 is 2.78 bits per heavy atom. The summed E-state index contributed by atoms with van der Waals surface area (Å²) in [6.07, 6.45) is 1.62. The smallest absolute Gasteiger partial charge is 0.323 e. The number of oxazole rings is 1. The third kappa shape index (κ3) is 3.97. The molecule has 0 saturated carbocycles. The first-order valence-corrected chi connectivity index (χ1v) is 8.49. The molecule has 138 valence electrons. The Balaban J connectivity index is 1.57. The van der Waals surface area contributed by atoms with Crippen molar-refractivity contribution in [3.63, 3.8) is 0 Å². The number of nitrogens with zero attached hydrogens (tertiary/aromatic N) is 4. The topological polar surface area (TPSA) is 111 Å². The van der Waals surface area contributed by atoms with Gasteiger partial charge in [0.2, 0.25) is 11.9 Å². The molecule has 0 unspecified atom stereocenters. The molecule has 4 rings (SSSR count). The van der Waals surface area contributed by atoms with Crippen molar-refractivity contribution in [2.24, 2.45) is 0 Å². The van der Waals surface area contributed by atoms with Crippen molar-refractivity contribution in [3.8, 4) is 6.01 Å². The van der Waals surface area contributed by atoms with Gasteiger partial charge in [0, 0.05) is 18.7 Å². The number of nitrogens with one attached hydrogen (secondary N) is 2. The van der Waals surface area contributed by atoms with Crippen molar-refractivity contribution in [1.29, 1.82) is 0 Å². The second-order valence-electron chi connectivity index (χ2n) is 5.67. The first kappa shape index (κ1) is 16.8. The monoisotopic (exact) mass is 366 g/mol. The van der Waals surface area contributed by atoms with Crippen molar-refractivity contribution in [1.82, 2.24) is 19.9 Å². The van der Waals surface area contributed by atoms with Crippen LogP contribution in [0.3, 0.4) is 0 Å². The average Bonchev–Trinajstić information content (AvgIpc) is 3.28. The van der Waals surface area contributed by atoms with E-state index in [1.165, 1.54) is 0 Å². The number of aromatic nitrogens is 4. The Morgan fingerprint density at radius 1 is 1.07 bits per heavy atom. The normalized spacial score (nSPS) is 10.9. The van der Waals surface area contributed by atoms with Crippen LogP contribution in [0, 0.1) is 6.92 Å². The summed E-state index contributed by atoms with van der Waals surface area (Å²) in [6, 6.07) is 9.51. The Morgan fingerprint density at radius 2 is 1.96 bits per heavy atom. The Bertz CT molecular complexity index is 1040. The first-order chi connectivity index (χ1) is 13.2. The van der Waals surface area contributed by atoms with Crippen molar-refractivity contribution in [3.05, 3.63) is 48.2 Å². The molecular weight excluding hydrogens is 348 g/mol. The fourth-order valence-corrected chi connectivity index (χ4v) is 2.51. The third-order valence-electron chi connectivity index (χ3n) is 3.64. The molecule has 0 fully saturated rings. The summed E-state index contributed by atoms with van der Waals surface area (Å²) in [5, 5.41) is 6.24. The lowest BCUT2D eigenvalue weighted by atomic mass is 10.3. The molecule has 0 atom stereocenters. The van der Waals surface area contributed by atoms with Gasteiger partial charge in [-0.1, -0.05) is 0 Å². The summed E-state index contributed by atoms with van der Waals surface area (Å²) in [6.45, 7) is 4.58. The lowest BCUT2D eigenvalue weighted by Crippen LogP contribution is -2.09. The van der Waals surface area contributed by atoms with E-state index in [0.29, 0.717) is 36.5 Å². The molecule has 0 aliphatic carbocycles. The van der Waals surface area contributed by atoms with E-state index in [4.69, 9.17) is 13.6 Å². The number of benzene rings is 1. The van der Waals surface area contributed by atoms with E-state index in [2.05, 4.69) is 30.6 Å². The number of rotatable bonds is 7. The molecule has 0 bridgehead atoms. The number of hydrogen-bond donors (Lipinski definition) is 2. The standard InChI is InChI=1S/C18H18N6O3/c1-3-25-18-23-16(19-10-13-5-4-8-26-13)22-17(24-18)21-12-6-7-14-15(9-12)27-11(2)20-14/h4-9H,3,10H2,1-2H3,(H2,19,21,22,23,24). The summed E-state index contributed by atoms with van der Waals surface area (Å²) in [7, 11) is 0. The molecule has 0 spiro atoms. The number of fused-ring (bicyclic) bond motifs is 1. The highest BCUT2D eigenvalue weighted by atomic mass is 16.5. The zero-order chi connectivity index (χ0) is 18.6. The minimum atomic E-state index is 0.230. The minimum Gasteiger partial charge on any atom is -0.467 e. The van der Waals surface area contributed by atoms with Crippen LogP contribution in [0.1, 0.15) is 18.6 Å². The van der Waals surface area contributed by atoms with Gasteiger partial charge in [-0.15, -0.1) is 0 Å². The molecule has 27 heavy (non-hydrogen) atoms. The summed E-state index contributed by atoms with van der Waals surface area (Å²) in [5.41, 5.74) is 2.25. The summed E-state index contributed by atoms with van der Waals surface area (Å²) in [4.78, 5) is 17.2. The maximum Gasteiger partial charge on any atom is 0.323 e. The molecule has 0 aliphatic rings. The van der Waals surface area contributed by atoms with Crippen molar-refractivity contribution >= 4 is 28.7 Å². The van der Waals surface area contributed by atoms with Gasteiger partial charge >= 0.3 is 6.01 Å². The molecule has 0 amide bonds. The van der Waals surface area contributed by atoms with E-state index in [1.54, 1.807) is 6.26 Å². The van der Waals surface area contributed by atoms with Crippen molar-refractivity contribution < 1.29 is 13.6 Å². The number of anilines is 3. The minimum absolute atomic E-state index is 0.230. The van der Waals surface area contributed by atoms with E-state index >= 15 is 0 Å². The van der Waals surface area contributed by atoms with E-state index in [9.17, 15) is 0 Å². The highest BCUT2D eigenvalue weighted by Gasteiger charge is 2.10. The molecule has 4 aromatic rings. The lowest BCUT2D eigenvalue weighted by Gasteiger charge is -2.09. The van der Waals surface area contributed by atoms with Crippen LogP contribution in [0.2, 0.25) is 0 Å². The van der Waals surface area contributed by atoms with Crippen LogP contribution in [0.4, 0.5) is 17.6 Å². The maximum atomic E-state index is 5.56. The summed E-state index contributed by atoms with van der Waals surface area (Å²) < 4.78 is 16.3. The van der Waals surface area contributed by atoms with Crippen LogP contribution >= 0.6 is 0 Å². The summed E-state index contributed by atoms with van der Waals surface area (Å²) in [5.74, 6) is 2.12. The van der Waals surface area contributed by atoms with Gasteiger partial charge in [0.1, 0.15) is 11.3 Å². The molecular formula is C18H18N6O3. The quantitative estimate of drug-likeness (QED) is 0.506. The van der Waals surface area contributed by atoms with Crippen LogP contribution < -0.4 is 15.4 Å². The Labute approximate surface area is 154 Å². The average molecular weight is 366 g/mol. The highest BCUT2D eigenvalue weighted by Crippen LogP contribution is 2.23. The van der Waals surface area contributed by atoms with Gasteiger partial charge in [-0.2, -0.15) is 15.0 Å². The largest absolute Gasteiger partial charge is 0.467 e. The molecule has 0 aliphatic heterocycles. The predicted octanol–water partition coefficient (Wildman–Crippen LogP) is 3.67. The zero-order valence-electron chi connectivity index (χ0n) is 14.9. The van der Waals surface area contributed by atoms with Crippen LogP contribution in [-0.2, 0) is 6.54 Å². The van der Waals surface area contributed by atoms with Crippen LogP contribution in [0.5, 0.6) is 6.01 Å². The van der Waals surface area contributed by atoms with Gasteiger partial charge in [0.05, 0.1) is 19.4 Å². The third-order valence-corrected chi connectivity index (χ3v) is 3.64. The number of aryl methyl sites for hydroxylation is 1. The molecule has 1 aromatic carbocycles. The SMILES string of the molecule is CCOc1nc(NCc2ccco2)nc(Nc2ccc3nc(C)oc3c2)n1. The van der Waals surface area contributed by atoms with Gasteiger partial charge in [-0.3, -0.25) is 0 Å². The molecule has 2 N–H and O–H groups in total. The van der Waals surface area contributed by atoms with Crippen molar-refractivity contribution in [2.75, 3.05) is 17.2 Å². The molecule has 0 saturated heterocycles. The fraction of sp³-hybridized carbons (Fsp3) is 0.222. The Hall–Kier alpha value is -3.62. The van der Waals surface area contributed by atoms with Crippen LogP contribution in [0.25, 0.3) is 11.1 Å². The van der Waals surface area contributed by atoms with Crippen molar-refractivity contribution in [2.45, 2.75) is 20.4 Å². The van der Waals surface area contributed by atoms with E-state index in [0.717, 1.165) is 17.0 Å². The maximum absolute atomic E-state index is 5.56. The molecule has 0 radical (unpaired) electrons. The van der Waals surface area contributed by atoms with Crippen LogP contribution in [0.15, 0.2) is 45.4 Å².